The van der Waals surface area contributed by atoms with Crippen molar-refractivity contribution < 1.29 is 27.8 Å². The van der Waals surface area contributed by atoms with Gasteiger partial charge in [0.25, 0.3) is 5.91 Å². The maximum atomic E-state index is 12.4. The molecule has 1 unspecified atom stereocenters. The number of furan rings is 1. The van der Waals surface area contributed by atoms with Crippen LogP contribution < -0.4 is 10.1 Å². The molecule has 1 amide bonds. The first kappa shape index (κ1) is 17.9. The molecular formula is C17H19F2NO4. The highest BCUT2D eigenvalue weighted by atomic mass is 19.3. The van der Waals surface area contributed by atoms with Gasteiger partial charge in [-0.3, -0.25) is 4.79 Å². The summed E-state index contributed by atoms with van der Waals surface area (Å²) in [6.07, 6.45) is 0. The van der Waals surface area contributed by atoms with Gasteiger partial charge < -0.3 is 19.6 Å². The first-order chi connectivity index (χ1) is 11.2. The summed E-state index contributed by atoms with van der Waals surface area (Å²) in [5.74, 6) is 0.349. The molecule has 0 bridgehead atoms. The Labute approximate surface area is 138 Å². The minimum absolute atomic E-state index is 0.0336. The van der Waals surface area contributed by atoms with Crippen molar-refractivity contribution in [1.29, 1.82) is 0 Å². The normalized spacial score (nSPS) is 13.6. The van der Waals surface area contributed by atoms with Crippen molar-refractivity contribution in [3.63, 3.8) is 0 Å². The zero-order valence-corrected chi connectivity index (χ0v) is 13.6. The molecule has 1 atom stereocenters. The molecule has 7 heteroatoms. The van der Waals surface area contributed by atoms with E-state index in [9.17, 15) is 18.7 Å². The predicted octanol–water partition coefficient (Wildman–Crippen LogP) is 3.14. The van der Waals surface area contributed by atoms with Crippen LogP contribution in [-0.2, 0) is 5.60 Å². The van der Waals surface area contributed by atoms with E-state index in [4.69, 9.17) is 4.42 Å². The molecule has 1 aromatic carbocycles. The number of ether oxygens (including phenoxy) is 1. The molecule has 2 aromatic rings. The van der Waals surface area contributed by atoms with Crippen molar-refractivity contribution in [2.75, 3.05) is 6.54 Å². The molecule has 0 aliphatic rings. The van der Waals surface area contributed by atoms with E-state index < -0.39 is 18.1 Å². The third-order valence-corrected chi connectivity index (χ3v) is 3.56. The van der Waals surface area contributed by atoms with Gasteiger partial charge in [0, 0.05) is 5.56 Å². The first-order valence-electron chi connectivity index (χ1n) is 7.32. The zero-order chi connectivity index (χ0) is 17.9. The third kappa shape index (κ3) is 4.11. The Hall–Kier alpha value is -2.41. The molecule has 0 saturated heterocycles. The molecular weight excluding hydrogens is 320 g/mol. The lowest BCUT2D eigenvalue weighted by molar-refractivity contribution is -0.0502. The van der Waals surface area contributed by atoms with Gasteiger partial charge in [-0.25, -0.2) is 0 Å². The van der Waals surface area contributed by atoms with Gasteiger partial charge in [0.1, 0.15) is 22.9 Å². The summed E-state index contributed by atoms with van der Waals surface area (Å²) >= 11 is 0. The monoisotopic (exact) mass is 339 g/mol. The Morgan fingerprint density at radius 1 is 1.38 bits per heavy atom. The summed E-state index contributed by atoms with van der Waals surface area (Å²) in [5.41, 5.74) is -0.846. The Kier molecular flexibility index (Phi) is 5.23. The molecule has 0 radical (unpaired) electrons. The Balaban J connectivity index is 2.12. The highest BCUT2D eigenvalue weighted by molar-refractivity contribution is 5.96. The lowest BCUT2D eigenvalue weighted by Gasteiger charge is -2.23. The number of halogens is 2. The van der Waals surface area contributed by atoms with Gasteiger partial charge in [0.15, 0.2) is 0 Å². The van der Waals surface area contributed by atoms with Gasteiger partial charge >= 0.3 is 6.61 Å². The third-order valence-electron chi connectivity index (χ3n) is 3.56. The number of carbonyl (C=O) groups is 1. The largest absolute Gasteiger partial charge is 0.466 e. The molecule has 0 aliphatic heterocycles. The fraction of sp³-hybridized carbons (Fsp3) is 0.353. The van der Waals surface area contributed by atoms with Gasteiger partial charge in [-0.05, 0) is 39.0 Å². The second kappa shape index (κ2) is 7.00. The number of amides is 1. The van der Waals surface area contributed by atoms with Gasteiger partial charge in [0.05, 0.1) is 12.1 Å². The van der Waals surface area contributed by atoms with Crippen LogP contribution in [0.4, 0.5) is 8.78 Å². The minimum atomic E-state index is -3.03. The second-order valence-corrected chi connectivity index (χ2v) is 5.66. The Morgan fingerprint density at radius 3 is 2.62 bits per heavy atom. The molecule has 5 nitrogen and oxygen atoms in total. The van der Waals surface area contributed by atoms with E-state index in [1.165, 1.54) is 31.2 Å². The molecule has 2 N–H and O–H groups in total. The molecule has 24 heavy (non-hydrogen) atoms. The van der Waals surface area contributed by atoms with Crippen molar-refractivity contribution in [3.05, 3.63) is 53.0 Å². The van der Waals surface area contributed by atoms with Crippen LogP contribution in [-0.4, -0.2) is 24.2 Å². The van der Waals surface area contributed by atoms with Crippen LogP contribution in [0.1, 0.15) is 34.4 Å². The van der Waals surface area contributed by atoms with Crippen LogP contribution in [0, 0.1) is 13.8 Å². The number of carbonyl (C=O) groups excluding carboxylic acids is 1. The van der Waals surface area contributed by atoms with Gasteiger partial charge in [-0.15, -0.1) is 0 Å². The van der Waals surface area contributed by atoms with E-state index in [-0.39, 0.29) is 17.9 Å². The lowest BCUT2D eigenvalue weighted by Crippen LogP contribution is -2.39. The molecule has 0 spiro atoms. The van der Waals surface area contributed by atoms with Crippen LogP contribution in [0.5, 0.6) is 5.75 Å². The molecule has 130 valence electrons. The molecule has 0 saturated carbocycles. The van der Waals surface area contributed by atoms with Crippen molar-refractivity contribution >= 4 is 5.91 Å². The fourth-order valence-electron chi connectivity index (χ4n) is 2.46. The van der Waals surface area contributed by atoms with Crippen molar-refractivity contribution in [2.45, 2.75) is 33.0 Å². The number of hydrogen-bond donors (Lipinski definition) is 2. The molecule has 1 heterocycles. The van der Waals surface area contributed by atoms with E-state index in [2.05, 4.69) is 10.1 Å². The smallest absolute Gasteiger partial charge is 0.387 e. The predicted molar refractivity (Wildman–Crippen MR) is 83.2 cm³/mol. The number of aliphatic hydroxyl groups is 1. The summed E-state index contributed by atoms with van der Waals surface area (Å²) < 4.78 is 34.5. The maximum Gasteiger partial charge on any atom is 0.387 e. The van der Waals surface area contributed by atoms with Gasteiger partial charge in [0.2, 0.25) is 0 Å². The summed E-state index contributed by atoms with van der Waals surface area (Å²) in [5, 5.41) is 13.1. The van der Waals surface area contributed by atoms with Crippen LogP contribution in [0.15, 0.2) is 34.7 Å². The summed E-state index contributed by atoms with van der Waals surface area (Å²) in [4.78, 5) is 12.2. The average molecular weight is 339 g/mol. The molecule has 0 fully saturated rings. The summed E-state index contributed by atoms with van der Waals surface area (Å²) in [6.45, 7) is 1.85. The van der Waals surface area contributed by atoms with Crippen molar-refractivity contribution in [3.8, 4) is 5.75 Å². The van der Waals surface area contributed by atoms with E-state index in [1.54, 1.807) is 19.9 Å². The van der Waals surface area contributed by atoms with Crippen molar-refractivity contribution in [1.82, 2.24) is 5.32 Å². The lowest BCUT2D eigenvalue weighted by atomic mass is 9.96. The first-order valence-corrected chi connectivity index (χ1v) is 7.32. The SMILES string of the molecule is Cc1cc(C(C)(O)CNC(=O)c2ccccc2OC(F)F)c(C)o1. The fourth-order valence-corrected chi connectivity index (χ4v) is 2.46. The summed E-state index contributed by atoms with van der Waals surface area (Å²) in [7, 11) is 0. The highest BCUT2D eigenvalue weighted by Gasteiger charge is 2.28. The maximum absolute atomic E-state index is 12.4. The van der Waals surface area contributed by atoms with Crippen LogP contribution in [0.3, 0.4) is 0 Å². The number of para-hydroxylation sites is 1. The minimum Gasteiger partial charge on any atom is -0.466 e. The van der Waals surface area contributed by atoms with Gasteiger partial charge in [-0.2, -0.15) is 8.78 Å². The summed E-state index contributed by atoms with van der Waals surface area (Å²) in [6, 6.07) is 7.37. The molecule has 2 rings (SSSR count). The van der Waals surface area contributed by atoms with E-state index >= 15 is 0 Å². The van der Waals surface area contributed by atoms with Crippen LogP contribution >= 0.6 is 0 Å². The number of nitrogens with one attached hydrogen (secondary N) is 1. The number of alkyl halides is 2. The van der Waals surface area contributed by atoms with E-state index in [0.717, 1.165) is 0 Å². The standard InChI is InChI=1S/C17H19F2NO4/c1-10-8-13(11(2)23-10)17(3,22)9-20-15(21)12-6-4-5-7-14(12)24-16(18)19/h4-8,16,22H,9H2,1-3H3,(H,20,21). The number of hydrogen-bond acceptors (Lipinski definition) is 4. The topological polar surface area (TPSA) is 71.7 Å². The average Bonchev–Trinajstić information content (AvgIpc) is 2.84. The van der Waals surface area contributed by atoms with Crippen LogP contribution in [0.2, 0.25) is 0 Å². The van der Waals surface area contributed by atoms with Crippen molar-refractivity contribution in [2.24, 2.45) is 0 Å². The Morgan fingerprint density at radius 2 is 2.04 bits per heavy atom. The zero-order valence-electron chi connectivity index (χ0n) is 13.6. The van der Waals surface area contributed by atoms with E-state index in [0.29, 0.717) is 17.1 Å². The highest BCUT2D eigenvalue weighted by Crippen LogP contribution is 2.27. The van der Waals surface area contributed by atoms with Gasteiger partial charge in [-0.1, -0.05) is 12.1 Å². The quantitative estimate of drug-likeness (QED) is 0.848. The Bertz CT molecular complexity index is 725. The number of aryl methyl sites for hydroxylation is 2. The second-order valence-electron chi connectivity index (χ2n) is 5.66. The van der Waals surface area contributed by atoms with E-state index in [1.807, 2.05) is 0 Å². The van der Waals surface area contributed by atoms with Crippen LogP contribution in [0.25, 0.3) is 0 Å². The molecule has 0 aliphatic carbocycles. The number of benzene rings is 1. The molecule has 1 aromatic heterocycles. The number of rotatable bonds is 6.